The molecule has 0 aliphatic carbocycles. The summed E-state index contributed by atoms with van der Waals surface area (Å²) in [5.74, 6) is 0.933. The van der Waals surface area contributed by atoms with Crippen molar-refractivity contribution >= 4 is 40.7 Å². The number of hydrogen-bond donors (Lipinski definition) is 1. The van der Waals surface area contributed by atoms with Crippen LogP contribution in [0.5, 0.6) is 0 Å². The predicted molar refractivity (Wildman–Crippen MR) is 99.4 cm³/mol. The number of carbonyl (C=O) groups excluding carboxylic acids is 1. The zero-order valence-electron chi connectivity index (χ0n) is 12.7. The lowest BCUT2D eigenvalue weighted by Gasteiger charge is -2.21. The maximum atomic E-state index is 12.3. The van der Waals surface area contributed by atoms with Crippen LogP contribution in [0, 0.1) is 0 Å². The second kappa shape index (κ2) is 8.08. The summed E-state index contributed by atoms with van der Waals surface area (Å²) in [5, 5.41) is 6.22. The van der Waals surface area contributed by atoms with E-state index >= 15 is 0 Å². The van der Waals surface area contributed by atoms with Crippen molar-refractivity contribution in [2.24, 2.45) is 0 Å². The average Bonchev–Trinajstić information content (AvgIpc) is 2.96. The molecular formula is C17H19ClN2OS2. The van der Waals surface area contributed by atoms with Crippen LogP contribution in [0.2, 0.25) is 5.02 Å². The van der Waals surface area contributed by atoms with Gasteiger partial charge in [0.15, 0.2) is 0 Å². The quantitative estimate of drug-likeness (QED) is 0.846. The van der Waals surface area contributed by atoms with Crippen LogP contribution in [0.15, 0.2) is 41.8 Å². The Morgan fingerprint density at radius 2 is 2.13 bits per heavy atom. The molecule has 0 spiro atoms. The topological polar surface area (TPSA) is 32.3 Å². The van der Waals surface area contributed by atoms with E-state index in [1.165, 1.54) is 10.4 Å². The molecule has 1 aliphatic heterocycles. The highest BCUT2D eigenvalue weighted by molar-refractivity contribution is 7.99. The summed E-state index contributed by atoms with van der Waals surface area (Å²) in [6.45, 7) is 2.15. The molecule has 0 radical (unpaired) electrons. The SMILES string of the molecule is O=C(NCc1cccs1)N1CCS[C@@H](c2ccccc2Cl)CC1. The van der Waals surface area contributed by atoms with E-state index in [-0.39, 0.29) is 6.03 Å². The molecular weight excluding hydrogens is 348 g/mol. The summed E-state index contributed by atoms with van der Waals surface area (Å²) in [7, 11) is 0. The van der Waals surface area contributed by atoms with Crippen molar-refractivity contribution in [3.8, 4) is 0 Å². The van der Waals surface area contributed by atoms with E-state index in [4.69, 9.17) is 11.6 Å². The van der Waals surface area contributed by atoms with Crippen molar-refractivity contribution < 1.29 is 4.79 Å². The molecule has 6 heteroatoms. The van der Waals surface area contributed by atoms with Crippen molar-refractivity contribution in [3.05, 3.63) is 57.2 Å². The highest BCUT2D eigenvalue weighted by atomic mass is 35.5. The molecule has 1 atom stereocenters. The summed E-state index contributed by atoms with van der Waals surface area (Å²) in [6.07, 6.45) is 0.931. The third-order valence-corrected chi connectivity index (χ3v) is 6.41. The largest absolute Gasteiger partial charge is 0.333 e. The number of carbonyl (C=O) groups is 1. The summed E-state index contributed by atoms with van der Waals surface area (Å²) in [6, 6.07) is 12.1. The molecule has 23 heavy (non-hydrogen) atoms. The lowest BCUT2D eigenvalue weighted by molar-refractivity contribution is 0.201. The smallest absolute Gasteiger partial charge is 0.317 e. The van der Waals surface area contributed by atoms with Gasteiger partial charge in [-0.2, -0.15) is 11.8 Å². The summed E-state index contributed by atoms with van der Waals surface area (Å²) >= 11 is 9.86. The normalized spacial score (nSPS) is 18.5. The van der Waals surface area contributed by atoms with Crippen LogP contribution < -0.4 is 5.32 Å². The van der Waals surface area contributed by atoms with Gasteiger partial charge in [0.25, 0.3) is 0 Å². The van der Waals surface area contributed by atoms with Gasteiger partial charge in [0.1, 0.15) is 0 Å². The second-order valence-electron chi connectivity index (χ2n) is 5.39. The van der Waals surface area contributed by atoms with E-state index in [1.807, 2.05) is 52.4 Å². The summed E-state index contributed by atoms with van der Waals surface area (Å²) in [5.41, 5.74) is 1.18. The standard InChI is InChI=1S/C17H19ClN2OS2/c18-15-6-2-1-5-14(15)16-7-8-20(9-11-23-16)17(21)19-12-13-4-3-10-22-13/h1-6,10,16H,7-9,11-12H2,(H,19,21)/t16-/m1/s1. The molecule has 0 bridgehead atoms. The van der Waals surface area contributed by atoms with Crippen molar-refractivity contribution in [1.82, 2.24) is 10.2 Å². The fraction of sp³-hybridized carbons (Fsp3) is 0.353. The van der Waals surface area contributed by atoms with Crippen molar-refractivity contribution in [3.63, 3.8) is 0 Å². The maximum Gasteiger partial charge on any atom is 0.317 e. The van der Waals surface area contributed by atoms with Gasteiger partial charge in [-0.05, 0) is 29.5 Å². The van der Waals surface area contributed by atoms with Gasteiger partial charge in [-0.1, -0.05) is 35.9 Å². The fourth-order valence-corrected chi connectivity index (χ4v) is 4.89. The van der Waals surface area contributed by atoms with E-state index < -0.39 is 0 Å². The Hall–Kier alpha value is -1.17. The van der Waals surface area contributed by atoms with Gasteiger partial charge in [0, 0.05) is 34.0 Å². The van der Waals surface area contributed by atoms with Crippen LogP contribution >= 0.6 is 34.7 Å². The van der Waals surface area contributed by atoms with Crippen molar-refractivity contribution in [1.29, 1.82) is 0 Å². The number of nitrogens with zero attached hydrogens (tertiary/aromatic N) is 1. The Labute approximate surface area is 150 Å². The molecule has 3 rings (SSSR count). The molecule has 1 aliphatic rings. The number of nitrogens with one attached hydrogen (secondary N) is 1. The number of benzene rings is 1. The van der Waals surface area contributed by atoms with Gasteiger partial charge in [-0.25, -0.2) is 4.79 Å². The van der Waals surface area contributed by atoms with Gasteiger partial charge < -0.3 is 10.2 Å². The lowest BCUT2D eigenvalue weighted by Crippen LogP contribution is -2.40. The third kappa shape index (κ3) is 4.43. The number of urea groups is 1. The fourth-order valence-electron chi connectivity index (χ4n) is 2.65. The first-order valence-electron chi connectivity index (χ1n) is 7.65. The minimum absolute atomic E-state index is 0.0267. The van der Waals surface area contributed by atoms with Crippen LogP contribution in [-0.4, -0.2) is 29.8 Å². The zero-order chi connectivity index (χ0) is 16.1. The predicted octanol–water partition coefficient (Wildman–Crippen LogP) is 4.79. The molecule has 2 aromatic rings. The Kier molecular flexibility index (Phi) is 5.86. The molecule has 1 N–H and O–H groups in total. The first-order chi connectivity index (χ1) is 11.2. The van der Waals surface area contributed by atoms with Crippen LogP contribution in [0.1, 0.15) is 22.1 Å². The number of amides is 2. The Bertz CT molecular complexity index is 648. The lowest BCUT2D eigenvalue weighted by atomic mass is 10.1. The number of rotatable bonds is 3. The van der Waals surface area contributed by atoms with E-state index in [9.17, 15) is 4.79 Å². The molecule has 122 valence electrons. The third-order valence-electron chi connectivity index (χ3n) is 3.87. The molecule has 1 saturated heterocycles. The number of halogens is 1. The van der Waals surface area contributed by atoms with Crippen LogP contribution in [0.25, 0.3) is 0 Å². The molecule has 0 unspecified atom stereocenters. The van der Waals surface area contributed by atoms with Crippen molar-refractivity contribution in [2.45, 2.75) is 18.2 Å². The Morgan fingerprint density at radius 1 is 1.26 bits per heavy atom. The molecule has 2 heterocycles. The Balaban J connectivity index is 1.55. The highest BCUT2D eigenvalue weighted by Crippen LogP contribution is 2.37. The second-order valence-corrected chi connectivity index (χ2v) is 8.14. The van der Waals surface area contributed by atoms with Gasteiger partial charge in [0.05, 0.1) is 6.54 Å². The minimum atomic E-state index is 0.0267. The maximum absolute atomic E-state index is 12.3. The van der Waals surface area contributed by atoms with Gasteiger partial charge in [0.2, 0.25) is 0 Å². The highest BCUT2D eigenvalue weighted by Gasteiger charge is 2.23. The molecule has 3 nitrogen and oxygen atoms in total. The number of thioether (sulfide) groups is 1. The van der Waals surface area contributed by atoms with Crippen LogP contribution in [0.3, 0.4) is 0 Å². The molecule has 1 aromatic carbocycles. The van der Waals surface area contributed by atoms with Crippen LogP contribution in [-0.2, 0) is 6.54 Å². The first kappa shape index (κ1) is 16.7. The monoisotopic (exact) mass is 366 g/mol. The summed E-state index contributed by atoms with van der Waals surface area (Å²) < 4.78 is 0. The number of thiophene rings is 1. The van der Waals surface area contributed by atoms with E-state index in [0.717, 1.165) is 30.3 Å². The van der Waals surface area contributed by atoms with E-state index in [2.05, 4.69) is 11.4 Å². The Morgan fingerprint density at radius 3 is 2.91 bits per heavy atom. The van der Waals surface area contributed by atoms with Gasteiger partial charge in [-0.15, -0.1) is 11.3 Å². The van der Waals surface area contributed by atoms with Gasteiger partial charge >= 0.3 is 6.03 Å². The average molecular weight is 367 g/mol. The zero-order valence-corrected chi connectivity index (χ0v) is 15.1. The summed E-state index contributed by atoms with van der Waals surface area (Å²) in [4.78, 5) is 15.4. The minimum Gasteiger partial charge on any atom is -0.333 e. The van der Waals surface area contributed by atoms with E-state index in [0.29, 0.717) is 11.8 Å². The van der Waals surface area contributed by atoms with Crippen LogP contribution in [0.4, 0.5) is 4.79 Å². The van der Waals surface area contributed by atoms with E-state index in [1.54, 1.807) is 11.3 Å². The number of hydrogen-bond acceptors (Lipinski definition) is 3. The molecule has 1 fully saturated rings. The first-order valence-corrected chi connectivity index (χ1v) is 9.96. The molecule has 0 saturated carbocycles. The molecule has 2 amide bonds. The molecule has 1 aromatic heterocycles. The van der Waals surface area contributed by atoms with Crippen molar-refractivity contribution in [2.75, 3.05) is 18.8 Å². The van der Waals surface area contributed by atoms with Gasteiger partial charge in [-0.3, -0.25) is 0 Å².